The van der Waals surface area contributed by atoms with Crippen LogP contribution in [0.4, 0.5) is 0 Å². The molecule has 0 saturated carbocycles. The fourth-order valence-electron chi connectivity index (χ4n) is 1.85. The number of halogens is 1. The number of fused-ring (bicyclic) bond motifs is 1. The van der Waals surface area contributed by atoms with Gasteiger partial charge in [-0.05, 0) is 19.9 Å². The van der Waals surface area contributed by atoms with Gasteiger partial charge in [-0.15, -0.1) is 0 Å². The Morgan fingerprint density at radius 3 is 3.00 bits per heavy atom. The molecule has 1 heterocycles. The van der Waals surface area contributed by atoms with Crippen molar-refractivity contribution in [1.82, 2.24) is 0 Å². The Hall–Kier alpha value is -0.700. The molecule has 1 aromatic carbocycles. The van der Waals surface area contributed by atoms with Crippen molar-refractivity contribution in [2.45, 2.75) is 25.9 Å². The first kappa shape index (κ1) is 10.8. The van der Waals surface area contributed by atoms with Crippen LogP contribution in [0.5, 0.6) is 11.5 Å². The molecule has 0 spiro atoms. The van der Waals surface area contributed by atoms with Crippen molar-refractivity contribution in [3.63, 3.8) is 0 Å². The Labute approximate surface area is 98.7 Å². The molecule has 0 bridgehead atoms. The Morgan fingerprint density at radius 2 is 2.27 bits per heavy atom. The van der Waals surface area contributed by atoms with Crippen LogP contribution in [0.15, 0.2) is 18.2 Å². The first-order valence-corrected chi connectivity index (χ1v) is 6.24. The number of alkyl halides is 1. The summed E-state index contributed by atoms with van der Waals surface area (Å²) in [5.74, 6) is 1.78. The third-order valence-electron chi connectivity index (χ3n) is 2.39. The van der Waals surface area contributed by atoms with Crippen molar-refractivity contribution in [3.8, 4) is 11.5 Å². The van der Waals surface area contributed by atoms with Crippen LogP contribution in [-0.2, 0) is 6.42 Å². The van der Waals surface area contributed by atoms with Crippen molar-refractivity contribution in [3.05, 3.63) is 23.8 Å². The van der Waals surface area contributed by atoms with Crippen LogP contribution in [0.3, 0.4) is 0 Å². The molecule has 3 heteroatoms. The highest BCUT2D eigenvalue weighted by Gasteiger charge is 2.32. The number of ether oxygens (including phenoxy) is 2. The Kier molecular flexibility index (Phi) is 2.91. The van der Waals surface area contributed by atoms with Crippen LogP contribution < -0.4 is 9.47 Å². The number of para-hydroxylation sites is 1. The molecule has 1 aliphatic heterocycles. The number of benzene rings is 1. The summed E-state index contributed by atoms with van der Waals surface area (Å²) in [6, 6.07) is 6.08. The Morgan fingerprint density at radius 1 is 1.47 bits per heavy atom. The van der Waals surface area contributed by atoms with E-state index in [-0.39, 0.29) is 5.60 Å². The molecule has 0 atom stereocenters. The molecule has 0 fully saturated rings. The maximum absolute atomic E-state index is 5.88. The molecule has 2 nitrogen and oxygen atoms in total. The summed E-state index contributed by atoms with van der Waals surface area (Å²) < 4.78 is 11.5. The molecule has 0 aromatic heterocycles. The maximum Gasteiger partial charge on any atom is 0.165 e. The van der Waals surface area contributed by atoms with E-state index in [1.165, 1.54) is 5.56 Å². The van der Waals surface area contributed by atoms with E-state index in [2.05, 4.69) is 35.8 Å². The number of hydrogen-bond donors (Lipinski definition) is 0. The van der Waals surface area contributed by atoms with Gasteiger partial charge in [0.1, 0.15) is 5.60 Å². The monoisotopic (exact) mass is 270 g/mol. The van der Waals surface area contributed by atoms with Gasteiger partial charge in [-0.1, -0.05) is 28.1 Å². The third-order valence-corrected chi connectivity index (χ3v) is 2.71. The van der Waals surface area contributed by atoms with Gasteiger partial charge >= 0.3 is 0 Å². The van der Waals surface area contributed by atoms with Gasteiger partial charge in [-0.3, -0.25) is 0 Å². The molecule has 0 saturated heterocycles. The highest BCUT2D eigenvalue weighted by Crippen LogP contribution is 2.41. The fourth-order valence-corrected chi connectivity index (χ4v) is 2.01. The normalized spacial score (nSPS) is 17.0. The van der Waals surface area contributed by atoms with Gasteiger partial charge in [-0.2, -0.15) is 0 Å². The molecule has 0 amide bonds. The van der Waals surface area contributed by atoms with Gasteiger partial charge < -0.3 is 9.47 Å². The Balaban J connectivity index is 2.25. The molecule has 2 rings (SSSR count). The number of hydrogen-bond acceptors (Lipinski definition) is 2. The van der Waals surface area contributed by atoms with E-state index in [1.54, 1.807) is 0 Å². The summed E-state index contributed by atoms with van der Waals surface area (Å²) in [6.45, 7) is 4.86. The first-order chi connectivity index (χ1) is 7.12. The zero-order chi connectivity index (χ0) is 10.9. The molecule has 0 N–H and O–H groups in total. The van der Waals surface area contributed by atoms with Gasteiger partial charge in [0.2, 0.25) is 0 Å². The van der Waals surface area contributed by atoms with Crippen molar-refractivity contribution >= 4 is 15.9 Å². The predicted molar refractivity (Wildman–Crippen MR) is 64.1 cm³/mol. The molecule has 1 aliphatic rings. The smallest absolute Gasteiger partial charge is 0.165 e. The number of rotatable bonds is 3. The summed E-state index contributed by atoms with van der Waals surface area (Å²) >= 11 is 3.34. The quantitative estimate of drug-likeness (QED) is 0.786. The summed E-state index contributed by atoms with van der Waals surface area (Å²) in [6.07, 6.45) is 0.952. The molecule has 82 valence electrons. The SMILES string of the molecule is CC1(C)Cc2cccc(OCCBr)c2O1. The van der Waals surface area contributed by atoms with Crippen LogP contribution in [0.25, 0.3) is 0 Å². The lowest BCUT2D eigenvalue weighted by molar-refractivity contribution is 0.132. The predicted octanol–water partition coefficient (Wildman–Crippen LogP) is 3.17. The fraction of sp³-hybridized carbons (Fsp3) is 0.500. The minimum atomic E-state index is -0.101. The summed E-state index contributed by atoms with van der Waals surface area (Å²) in [5.41, 5.74) is 1.14. The minimum absolute atomic E-state index is 0.101. The van der Waals surface area contributed by atoms with E-state index < -0.39 is 0 Å². The Bertz CT molecular complexity index is 361. The average molecular weight is 271 g/mol. The van der Waals surface area contributed by atoms with Gasteiger partial charge in [0.15, 0.2) is 11.5 Å². The lowest BCUT2D eigenvalue weighted by Crippen LogP contribution is -2.24. The zero-order valence-corrected chi connectivity index (χ0v) is 10.6. The largest absolute Gasteiger partial charge is 0.489 e. The van der Waals surface area contributed by atoms with Crippen LogP contribution >= 0.6 is 15.9 Å². The van der Waals surface area contributed by atoms with E-state index in [9.17, 15) is 0 Å². The van der Waals surface area contributed by atoms with E-state index in [0.29, 0.717) is 6.61 Å². The topological polar surface area (TPSA) is 18.5 Å². The molecule has 1 aromatic rings. The van der Waals surface area contributed by atoms with E-state index in [1.807, 2.05) is 12.1 Å². The minimum Gasteiger partial charge on any atom is -0.489 e. The molecule has 0 radical (unpaired) electrons. The van der Waals surface area contributed by atoms with Crippen LogP contribution in [-0.4, -0.2) is 17.5 Å². The summed E-state index contributed by atoms with van der Waals surface area (Å²) in [5, 5.41) is 0.833. The molecular formula is C12H15BrO2. The lowest BCUT2D eigenvalue weighted by atomic mass is 10.0. The van der Waals surface area contributed by atoms with E-state index in [0.717, 1.165) is 23.2 Å². The first-order valence-electron chi connectivity index (χ1n) is 5.12. The average Bonchev–Trinajstić information content (AvgIpc) is 2.49. The van der Waals surface area contributed by atoms with Crippen LogP contribution in [0.2, 0.25) is 0 Å². The standard InChI is InChI=1S/C12H15BrO2/c1-12(2)8-9-4-3-5-10(11(9)15-12)14-7-6-13/h3-5H,6-8H2,1-2H3. The van der Waals surface area contributed by atoms with Gasteiger partial charge in [0.05, 0.1) is 6.61 Å². The molecule has 0 aliphatic carbocycles. The van der Waals surface area contributed by atoms with E-state index in [4.69, 9.17) is 9.47 Å². The highest BCUT2D eigenvalue weighted by atomic mass is 79.9. The lowest BCUT2D eigenvalue weighted by Gasteiger charge is -2.18. The van der Waals surface area contributed by atoms with Crippen molar-refractivity contribution in [2.24, 2.45) is 0 Å². The maximum atomic E-state index is 5.88. The second-order valence-electron chi connectivity index (χ2n) is 4.32. The zero-order valence-electron chi connectivity index (χ0n) is 9.05. The molecule has 0 unspecified atom stereocenters. The highest BCUT2D eigenvalue weighted by molar-refractivity contribution is 9.09. The molecular weight excluding hydrogens is 256 g/mol. The van der Waals surface area contributed by atoms with Gasteiger partial charge in [-0.25, -0.2) is 0 Å². The van der Waals surface area contributed by atoms with Crippen LogP contribution in [0.1, 0.15) is 19.4 Å². The van der Waals surface area contributed by atoms with Crippen molar-refractivity contribution in [1.29, 1.82) is 0 Å². The second kappa shape index (κ2) is 4.05. The van der Waals surface area contributed by atoms with Gasteiger partial charge in [0.25, 0.3) is 0 Å². The van der Waals surface area contributed by atoms with Crippen molar-refractivity contribution in [2.75, 3.05) is 11.9 Å². The third kappa shape index (κ3) is 2.28. The molecule has 15 heavy (non-hydrogen) atoms. The van der Waals surface area contributed by atoms with Crippen LogP contribution in [0, 0.1) is 0 Å². The summed E-state index contributed by atoms with van der Waals surface area (Å²) in [7, 11) is 0. The summed E-state index contributed by atoms with van der Waals surface area (Å²) in [4.78, 5) is 0. The van der Waals surface area contributed by atoms with Crippen molar-refractivity contribution < 1.29 is 9.47 Å². The van der Waals surface area contributed by atoms with Gasteiger partial charge in [0, 0.05) is 17.3 Å². The second-order valence-corrected chi connectivity index (χ2v) is 5.11. The van der Waals surface area contributed by atoms with E-state index >= 15 is 0 Å².